The minimum absolute atomic E-state index is 0.0937. The van der Waals surface area contributed by atoms with E-state index >= 15 is 0 Å². The van der Waals surface area contributed by atoms with Gasteiger partial charge in [0.2, 0.25) is 0 Å². The van der Waals surface area contributed by atoms with E-state index in [0.717, 1.165) is 12.7 Å². The fourth-order valence-electron chi connectivity index (χ4n) is 3.24. The summed E-state index contributed by atoms with van der Waals surface area (Å²) in [6.45, 7) is 6.14. The molecule has 26 heavy (non-hydrogen) atoms. The van der Waals surface area contributed by atoms with E-state index in [1.165, 1.54) is 33.8 Å². The highest BCUT2D eigenvalue weighted by atomic mass is 32.1. The van der Waals surface area contributed by atoms with E-state index < -0.39 is 0 Å². The Morgan fingerprint density at radius 3 is 2.46 bits per heavy atom. The Morgan fingerprint density at radius 2 is 1.81 bits per heavy atom. The molecule has 0 aliphatic heterocycles. The van der Waals surface area contributed by atoms with Gasteiger partial charge in [-0.25, -0.2) is 0 Å². The van der Waals surface area contributed by atoms with Crippen molar-refractivity contribution in [1.29, 1.82) is 0 Å². The lowest BCUT2D eigenvalue weighted by atomic mass is 9.78. The summed E-state index contributed by atoms with van der Waals surface area (Å²) in [5.74, 6) is 0. The van der Waals surface area contributed by atoms with E-state index in [9.17, 15) is 0 Å². The van der Waals surface area contributed by atoms with Gasteiger partial charge in [-0.3, -0.25) is 0 Å². The minimum atomic E-state index is 0.0937. The van der Waals surface area contributed by atoms with Crippen LogP contribution in [0.25, 0.3) is 16.8 Å². The fourth-order valence-corrected chi connectivity index (χ4v) is 3.89. The van der Waals surface area contributed by atoms with Gasteiger partial charge in [-0.1, -0.05) is 50.3 Å². The van der Waals surface area contributed by atoms with Crippen molar-refractivity contribution >= 4 is 40.2 Å². The second-order valence-corrected chi connectivity index (χ2v) is 7.76. The number of nitrogens with two attached hydrogens (primary N) is 1. The number of carbonyl (C=O) groups is 1. The summed E-state index contributed by atoms with van der Waals surface area (Å²) in [5, 5.41) is 7.05. The van der Waals surface area contributed by atoms with Crippen LogP contribution in [0.15, 0.2) is 60.0 Å². The SMILES string of the molecule is CC=O.C[NH2+]c1ccc2ccccc2c1C(C)(C)C/C=C/c1cccs1. The smallest absolute Gasteiger partial charge is 0.133 e. The van der Waals surface area contributed by atoms with Crippen LogP contribution in [0.3, 0.4) is 0 Å². The Hall–Kier alpha value is -2.23. The summed E-state index contributed by atoms with van der Waals surface area (Å²) >= 11 is 1.79. The third-order valence-corrected chi connectivity index (χ3v) is 5.24. The van der Waals surface area contributed by atoms with Crippen molar-refractivity contribution in [3.63, 3.8) is 0 Å². The lowest BCUT2D eigenvalue weighted by molar-refractivity contribution is -0.540. The number of aldehydes is 1. The van der Waals surface area contributed by atoms with E-state index in [2.05, 4.69) is 92.3 Å². The second-order valence-electron chi connectivity index (χ2n) is 6.78. The molecule has 2 aromatic carbocycles. The first-order valence-electron chi connectivity index (χ1n) is 8.95. The molecule has 0 amide bonds. The molecule has 136 valence electrons. The van der Waals surface area contributed by atoms with Crippen molar-refractivity contribution in [1.82, 2.24) is 0 Å². The molecule has 0 aliphatic rings. The third-order valence-electron chi connectivity index (χ3n) is 4.40. The largest absolute Gasteiger partial charge is 0.316 e. The molecule has 3 aromatic rings. The monoisotopic (exact) mass is 366 g/mol. The normalized spacial score (nSPS) is 11.4. The van der Waals surface area contributed by atoms with E-state index in [0.29, 0.717) is 0 Å². The maximum atomic E-state index is 8.81. The van der Waals surface area contributed by atoms with E-state index in [4.69, 9.17) is 4.79 Å². The van der Waals surface area contributed by atoms with Gasteiger partial charge in [0.05, 0.1) is 7.05 Å². The lowest BCUT2D eigenvalue weighted by Gasteiger charge is -2.26. The van der Waals surface area contributed by atoms with Crippen LogP contribution in [0, 0.1) is 0 Å². The molecule has 0 saturated heterocycles. The zero-order valence-corrected chi connectivity index (χ0v) is 16.8. The molecule has 0 aliphatic carbocycles. The molecule has 3 rings (SSSR count). The first-order valence-corrected chi connectivity index (χ1v) is 9.83. The van der Waals surface area contributed by atoms with Crippen LogP contribution in [0.2, 0.25) is 0 Å². The number of fused-ring (bicyclic) bond motifs is 1. The van der Waals surface area contributed by atoms with Crippen LogP contribution in [0.4, 0.5) is 5.69 Å². The fraction of sp³-hybridized carbons (Fsp3) is 0.261. The van der Waals surface area contributed by atoms with Gasteiger partial charge in [0.1, 0.15) is 12.0 Å². The second kappa shape index (κ2) is 9.46. The molecule has 0 bridgehead atoms. The Kier molecular flexibility index (Phi) is 7.31. The molecule has 1 heterocycles. The zero-order valence-electron chi connectivity index (χ0n) is 16.0. The predicted molar refractivity (Wildman–Crippen MR) is 114 cm³/mol. The summed E-state index contributed by atoms with van der Waals surface area (Å²) in [6.07, 6.45) is 6.33. The maximum Gasteiger partial charge on any atom is 0.133 e. The van der Waals surface area contributed by atoms with Gasteiger partial charge in [0.25, 0.3) is 0 Å². The van der Waals surface area contributed by atoms with Crippen LogP contribution in [-0.4, -0.2) is 13.3 Å². The first kappa shape index (κ1) is 20.1. The van der Waals surface area contributed by atoms with Crippen molar-refractivity contribution < 1.29 is 10.1 Å². The standard InChI is InChI=1S/C21H23NS.C2H4O/c1-21(2,14-6-9-17-10-7-15-23-17)20-18-11-5-4-8-16(18)12-13-19(20)22-3;1-2-3/h4-13,15,22H,14H2,1-3H3;2H,1H3/p+1/b9-6+;. The Labute approximate surface area is 160 Å². The van der Waals surface area contributed by atoms with Crippen molar-refractivity contribution in [2.45, 2.75) is 32.6 Å². The van der Waals surface area contributed by atoms with Crippen LogP contribution >= 0.6 is 11.3 Å². The highest BCUT2D eigenvalue weighted by Crippen LogP contribution is 2.37. The topological polar surface area (TPSA) is 33.7 Å². The number of thiophene rings is 1. The van der Waals surface area contributed by atoms with Crippen LogP contribution in [0.1, 0.15) is 37.6 Å². The van der Waals surface area contributed by atoms with Crippen LogP contribution < -0.4 is 5.32 Å². The first-order chi connectivity index (χ1) is 12.5. The predicted octanol–water partition coefficient (Wildman–Crippen LogP) is 5.31. The molecule has 2 nitrogen and oxygen atoms in total. The van der Waals surface area contributed by atoms with Crippen molar-refractivity contribution in [3.8, 4) is 0 Å². The number of carbonyl (C=O) groups excluding carboxylic acids is 1. The minimum Gasteiger partial charge on any atom is -0.316 e. The maximum absolute atomic E-state index is 8.81. The van der Waals surface area contributed by atoms with Gasteiger partial charge in [0.15, 0.2) is 0 Å². The summed E-state index contributed by atoms with van der Waals surface area (Å²) in [6, 6.07) is 17.5. The molecule has 0 atom stereocenters. The molecule has 0 fully saturated rings. The molecule has 3 heteroatoms. The van der Waals surface area contributed by atoms with E-state index in [-0.39, 0.29) is 5.41 Å². The number of benzene rings is 2. The van der Waals surface area contributed by atoms with Crippen molar-refractivity contribution in [2.75, 3.05) is 7.05 Å². The van der Waals surface area contributed by atoms with Gasteiger partial charge in [0, 0.05) is 10.4 Å². The van der Waals surface area contributed by atoms with E-state index in [1.807, 2.05) is 0 Å². The molecular formula is C23H28NOS+. The summed E-state index contributed by atoms with van der Waals surface area (Å²) in [5.41, 5.74) is 2.89. The third kappa shape index (κ3) is 4.90. The highest BCUT2D eigenvalue weighted by Gasteiger charge is 2.26. The Morgan fingerprint density at radius 1 is 1.08 bits per heavy atom. The van der Waals surface area contributed by atoms with Gasteiger partial charge < -0.3 is 10.1 Å². The lowest BCUT2D eigenvalue weighted by Crippen LogP contribution is -2.73. The average Bonchev–Trinajstić information content (AvgIpc) is 3.14. The summed E-state index contributed by atoms with van der Waals surface area (Å²) in [4.78, 5) is 10.1. The number of allylic oxidation sites excluding steroid dienone is 1. The Bertz CT molecular complexity index is 863. The van der Waals surface area contributed by atoms with Crippen LogP contribution in [-0.2, 0) is 10.2 Å². The van der Waals surface area contributed by atoms with E-state index in [1.54, 1.807) is 11.3 Å². The molecule has 2 N–H and O–H groups in total. The van der Waals surface area contributed by atoms with Gasteiger partial charge in [-0.15, -0.1) is 11.3 Å². The van der Waals surface area contributed by atoms with Crippen molar-refractivity contribution in [2.24, 2.45) is 0 Å². The van der Waals surface area contributed by atoms with Crippen LogP contribution in [0.5, 0.6) is 0 Å². The molecular weight excluding hydrogens is 338 g/mol. The Balaban J connectivity index is 0.000000758. The summed E-state index contributed by atoms with van der Waals surface area (Å²) < 4.78 is 0. The molecule has 1 aromatic heterocycles. The number of quaternary nitrogens is 1. The number of hydrogen-bond donors (Lipinski definition) is 1. The molecule has 0 unspecified atom stereocenters. The molecule has 0 spiro atoms. The number of rotatable bonds is 5. The van der Waals surface area contributed by atoms with Gasteiger partial charge in [-0.05, 0) is 59.2 Å². The average molecular weight is 367 g/mol. The zero-order chi connectivity index (χ0) is 19.0. The molecule has 0 radical (unpaired) electrons. The highest BCUT2D eigenvalue weighted by molar-refractivity contribution is 7.10. The van der Waals surface area contributed by atoms with Gasteiger partial charge in [-0.2, -0.15) is 0 Å². The van der Waals surface area contributed by atoms with Gasteiger partial charge >= 0.3 is 0 Å². The quantitative estimate of drug-likeness (QED) is 0.482. The summed E-state index contributed by atoms with van der Waals surface area (Å²) in [7, 11) is 2.13. The van der Waals surface area contributed by atoms with Crippen molar-refractivity contribution in [3.05, 3.63) is 70.4 Å². The number of hydrogen-bond acceptors (Lipinski definition) is 2. The molecule has 0 saturated carbocycles.